The molecule has 0 aliphatic rings. The predicted molar refractivity (Wildman–Crippen MR) is 75.3 cm³/mol. The molecule has 6 nitrogen and oxygen atoms in total. The second kappa shape index (κ2) is 5.16. The van der Waals surface area contributed by atoms with Gasteiger partial charge in [-0.05, 0) is 13.8 Å². The van der Waals surface area contributed by atoms with Gasteiger partial charge < -0.3 is 15.7 Å². The van der Waals surface area contributed by atoms with Crippen molar-refractivity contribution < 1.29 is 14.7 Å². The molecule has 0 amide bonds. The zero-order valence-corrected chi connectivity index (χ0v) is 12.5. The lowest BCUT2D eigenvalue weighted by molar-refractivity contribution is -0.161. The lowest BCUT2D eigenvalue weighted by atomic mass is 9.88. The fraction of sp³-hybridized carbons (Fsp3) is 0.583. The average molecular weight is 285 g/mol. The number of nitrogens with two attached hydrogens (primary N) is 1. The largest absolute Gasteiger partial charge is 0.478 e. The molecule has 0 spiro atoms. The van der Waals surface area contributed by atoms with E-state index in [0.29, 0.717) is 16.5 Å². The highest BCUT2D eigenvalue weighted by Gasteiger charge is 2.31. The van der Waals surface area contributed by atoms with Gasteiger partial charge in [-0.1, -0.05) is 25.9 Å². The van der Waals surface area contributed by atoms with Gasteiger partial charge >= 0.3 is 5.97 Å². The maximum absolute atomic E-state index is 11.0. The summed E-state index contributed by atoms with van der Waals surface area (Å²) in [6.45, 7) is 8.71. The Balaban J connectivity index is 3.10. The minimum absolute atomic E-state index is 0.338. The molecule has 19 heavy (non-hydrogen) atoms. The Hall–Kier alpha value is -1.63. The van der Waals surface area contributed by atoms with Crippen LogP contribution in [0.25, 0.3) is 0 Å². The van der Waals surface area contributed by atoms with Crippen LogP contribution >= 0.6 is 11.3 Å². The summed E-state index contributed by atoms with van der Waals surface area (Å²) in [5.41, 5.74) is 5.05. The zero-order valence-electron chi connectivity index (χ0n) is 11.7. The van der Waals surface area contributed by atoms with Gasteiger partial charge in [0, 0.05) is 10.8 Å². The Morgan fingerprint density at radius 2 is 2.00 bits per heavy atom. The molecule has 0 fully saturated rings. The maximum Gasteiger partial charge on any atom is 0.350 e. The quantitative estimate of drug-likeness (QED) is 0.653. The van der Waals surface area contributed by atoms with Crippen LogP contribution in [0.2, 0.25) is 0 Å². The topological polar surface area (TPSA) is 97.8 Å². The van der Waals surface area contributed by atoms with Crippen molar-refractivity contribution in [2.45, 2.75) is 40.2 Å². The number of rotatable bonds is 4. The summed E-state index contributed by atoms with van der Waals surface area (Å²) in [7, 11) is 0. The van der Waals surface area contributed by atoms with Gasteiger partial charge in [-0.25, -0.2) is 9.78 Å². The van der Waals surface area contributed by atoms with Gasteiger partial charge in [0.05, 0.1) is 0 Å². The van der Waals surface area contributed by atoms with Crippen LogP contribution < -0.4 is 5.73 Å². The highest BCUT2D eigenvalue weighted by molar-refractivity contribution is 7.13. The number of hydrogen-bond acceptors (Lipinski definition) is 6. The fourth-order valence-electron chi connectivity index (χ4n) is 1.16. The smallest absolute Gasteiger partial charge is 0.350 e. The summed E-state index contributed by atoms with van der Waals surface area (Å²) in [6.07, 6.45) is 0. The van der Waals surface area contributed by atoms with Crippen LogP contribution in [-0.4, -0.2) is 27.4 Å². The van der Waals surface area contributed by atoms with E-state index in [4.69, 9.17) is 15.7 Å². The molecule has 1 rings (SSSR count). The molecule has 1 aromatic heterocycles. The number of aromatic nitrogens is 1. The highest BCUT2D eigenvalue weighted by atomic mass is 32.1. The Bertz CT molecular complexity index is 501. The SMILES string of the molecule is CC(C)(O/N=C(\c1csc(N)n1)C(C)(C)C)C(=O)O. The van der Waals surface area contributed by atoms with E-state index in [1.54, 1.807) is 5.38 Å². The number of nitrogens with zero attached hydrogens (tertiary/aromatic N) is 2. The van der Waals surface area contributed by atoms with E-state index in [9.17, 15) is 4.79 Å². The summed E-state index contributed by atoms with van der Waals surface area (Å²) in [4.78, 5) is 20.3. The van der Waals surface area contributed by atoms with Crippen LogP contribution in [0.3, 0.4) is 0 Å². The zero-order chi connectivity index (χ0) is 14.8. The molecule has 0 aromatic carbocycles. The minimum Gasteiger partial charge on any atom is -0.478 e. The Morgan fingerprint density at radius 1 is 1.42 bits per heavy atom. The molecule has 0 radical (unpaired) electrons. The first-order chi connectivity index (χ1) is 8.54. The second-order valence-corrected chi connectivity index (χ2v) is 6.56. The van der Waals surface area contributed by atoms with E-state index in [0.717, 1.165) is 0 Å². The van der Waals surface area contributed by atoms with Gasteiger partial charge in [-0.3, -0.25) is 0 Å². The first kappa shape index (κ1) is 15.4. The van der Waals surface area contributed by atoms with Crippen LogP contribution in [0.1, 0.15) is 40.3 Å². The molecule has 106 valence electrons. The van der Waals surface area contributed by atoms with Crippen molar-refractivity contribution in [2.75, 3.05) is 5.73 Å². The molecule has 1 aromatic rings. The van der Waals surface area contributed by atoms with Crippen LogP contribution in [0.4, 0.5) is 5.13 Å². The molecular weight excluding hydrogens is 266 g/mol. The monoisotopic (exact) mass is 285 g/mol. The number of oxime groups is 1. The molecule has 3 N–H and O–H groups in total. The molecule has 0 bridgehead atoms. The molecule has 0 atom stereocenters. The van der Waals surface area contributed by atoms with Crippen molar-refractivity contribution in [3.63, 3.8) is 0 Å². The molecule has 1 heterocycles. The fourth-order valence-corrected chi connectivity index (χ4v) is 1.71. The summed E-state index contributed by atoms with van der Waals surface area (Å²) >= 11 is 1.30. The Labute approximate surface area is 116 Å². The highest BCUT2D eigenvalue weighted by Crippen LogP contribution is 2.25. The first-order valence-corrected chi connectivity index (χ1v) is 6.63. The number of thiazole rings is 1. The summed E-state index contributed by atoms with van der Waals surface area (Å²) < 4.78 is 0. The number of aliphatic carboxylic acids is 1. The van der Waals surface area contributed by atoms with E-state index in [2.05, 4.69) is 10.1 Å². The van der Waals surface area contributed by atoms with Crippen molar-refractivity contribution >= 4 is 28.1 Å². The van der Waals surface area contributed by atoms with Gasteiger partial charge in [-0.15, -0.1) is 11.3 Å². The normalized spacial score (nSPS) is 13.4. The third-order valence-corrected chi connectivity index (χ3v) is 3.03. The molecule has 0 unspecified atom stereocenters. The van der Waals surface area contributed by atoms with Gasteiger partial charge in [0.1, 0.15) is 11.4 Å². The van der Waals surface area contributed by atoms with E-state index >= 15 is 0 Å². The Morgan fingerprint density at radius 3 is 2.37 bits per heavy atom. The van der Waals surface area contributed by atoms with Crippen molar-refractivity contribution in [1.29, 1.82) is 0 Å². The molecule has 0 saturated carbocycles. The molecular formula is C12H19N3O3S. The first-order valence-electron chi connectivity index (χ1n) is 5.75. The summed E-state index contributed by atoms with van der Waals surface area (Å²) in [5, 5.41) is 15.2. The second-order valence-electron chi connectivity index (χ2n) is 5.67. The molecule has 0 aliphatic carbocycles. The number of hydrogen-bond donors (Lipinski definition) is 2. The number of carbonyl (C=O) groups is 1. The molecule has 7 heteroatoms. The van der Waals surface area contributed by atoms with E-state index in [1.807, 2.05) is 20.8 Å². The standard InChI is InChI=1S/C12H19N3O3S/c1-11(2,3)8(7-6-19-10(13)14-7)15-18-12(4,5)9(16)17/h6H,1-5H3,(H2,13,14)(H,16,17)/b15-8+. The van der Waals surface area contributed by atoms with Gasteiger partial charge in [0.15, 0.2) is 5.13 Å². The van der Waals surface area contributed by atoms with Gasteiger partial charge in [0.25, 0.3) is 0 Å². The summed E-state index contributed by atoms with van der Waals surface area (Å²) in [5.74, 6) is -1.08. The Kier molecular flexibility index (Phi) is 4.19. The van der Waals surface area contributed by atoms with Crippen molar-refractivity contribution in [3.05, 3.63) is 11.1 Å². The number of anilines is 1. The van der Waals surface area contributed by atoms with E-state index in [1.165, 1.54) is 25.2 Å². The van der Waals surface area contributed by atoms with Crippen molar-refractivity contribution in [3.8, 4) is 0 Å². The third-order valence-electron chi connectivity index (χ3n) is 2.36. The number of nitrogen functional groups attached to an aromatic ring is 1. The third kappa shape index (κ3) is 3.92. The lowest BCUT2D eigenvalue weighted by Gasteiger charge is -2.22. The lowest BCUT2D eigenvalue weighted by Crippen LogP contribution is -2.34. The van der Waals surface area contributed by atoms with E-state index < -0.39 is 11.6 Å². The minimum atomic E-state index is -1.39. The van der Waals surface area contributed by atoms with E-state index in [-0.39, 0.29) is 5.41 Å². The molecule has 0 saturated heterocycles. The average Bonchev–Trinajstić information content (AvgIpc) is 2.62. The van der Waals surface area contributed by atoms with Crippen molar-refractivity contribution in [1.82, 2.24) is 4.98 Å². The summed E-state index contributed by atoms with van der Waals surface area (Å²) in [6, 6.07) is 0. The predicted octanol–water partition coefficient (Wildman–Crippen LogP) is 2.36. The molecule has 0 aliphatic heterocycles. The number of carboxylic acid groups (broad SMARTS) is 1. The van der Waals surface area contributed by atoms with Crippen LogP contribution in [0, 0.1) is 5.41 Å². The van der Waals surface area contributed by atoms with Gasteiger partial charge in [-0.2, -0.15) is 0 Å². The maximum atomic E-state index is 11.0. The number of carboxylic acids is 1. The van der Waals surface area contributed by atoms with Crippen LogP contribution in [0.15, 0.2) is 10.5 Å². The van der Waals surface area contributed by atoms with Crippen molar-refractivity contribution in [2.24, 2.45) is 10.6 Å². The van der Waals surface area contributed by atoms with Gasteiger partial charge in [0.2, 0.25) is 5.60 Å². The van der Waals surface area contributed by atoms with Crippen LogP contribution in [0.5, 0.6) is 0 Å². The van der Waals surface area contributed by atoms with Crippen LogP contribution in [-0.2, 0) is 9.63 Å².